The van der Waals surface area contributed by atoms with E-state index in [1.165, 1.54) is 22.4 Å². The number of benzene rings is 2. The molecule has 1 atom stereocenters. The molecule has 0 amide bonds. The molecule has 0 aliphatic carbocycles. The molecule has 0 bridgehead atoms. The van der Waals surface area contributed by atoms with Gasteiger partial charge in [-0.3, -0.25) is 0 Å². The quantitative estimate of drug-likeness (QED) is 0.819. The standard InChI is InChI=1S/C17H18ClNS/c1-19(11-13-6-8-15(18)9-7-13)12-16-10-14-4-2-3-5-17(14)20-16/h2-9,16H,10-12H2,1H3. The van der Waals surface area contributed by atoms with Crippen LogP contribution >= 0.6 is 23.4 Å². The molecule has 0 radical (unpaired) electrons. The van der Waals surface area contributed by atoms with E-state index in [9.17, 15) is 0 Å². The molecule has 3 heteroatoms. The second-order valence-electron chi connectivity index (χ2n) is 5.37. The van der Waals surface area contributed by atoms with Crippen molar-refractivity contribution in [2.24, 2.45) is 0 Å². The molecule has 0 aromatic heterocycles. The fraction of sp³-hybridized carbons (Fsp3) is 0.294. The van der Waals surface area contributed by atoms with E-state index in [-0.39, 0.29) is 0 Å². The van der Waals surface area contributed by atoms with Crippen molar-refractivity contribution in [1.82, 2.24) is 4.90 Å². The number of hydrogen-bond acceptors (Lipinski definition) is 2. The smallest absolute Gasteiger partial charge is 0.0406 e. The Balaban J connectivity index is 1.55. The van der Waals surface area contributed by atoms with Crippen LogP contribution in [-0.4, -0.2) is 23.7 Å². The highest BCUT2D eigenvalue weighted by molar-refractivity contribution is 8.00. The van der Waals surface area contributed by atoms with Crippen molar-refractivity contribution < 1.29 is 0 Å². The largest absolute Gasteiger partial charge is 0.301 e. The van der Waals surface area contributed by atoms with Gasteiger partial charge in [-0.1, -0.05) is 41.9 Å². The average molecular weight is 304 g/mol. The van der Waals surface area contributed by atoms with Crippen LogP contribution in [0.1, 0.15) is 11.1 Å². The van der Waals surface area contributed by atoms with Gasteiger partial charge < -0.3 is 4.90 Å². The van der Waals surface area contributed by atoms with Gasteiger partial charge in [0, 0.05) is 28.3 Å². The summed E-state index contributed by atoms with van der Waals surface area (Å²) in [6.07, 6.45) is 1.19. The Morgan fingerprint density at radius 3 is 2.65 bits per heavy atom. The minimum absolute atomic E-state index is 0.671. The van der Waals surface area contributed by atoms with E-state index in [0.29, 0.717) is 5.25 Å². The van der Waals surface area contributed by atoms with Crippen molar-refractivity contribution >= 4 is 23.4 Å². The number of hydrogen-bond donors (Lipinski definition) is 0. The summed E-state index contributed by atoms with van der Waals surface area (Å²) in [5.41, 5.74) is 2.82. The van der Waals surface area contributed by atoms with Crippen molar-refractivity contribution in [3.63, 3.8) is 0 Å². The van der Waals surface area contributed by atoms with Gasteiger partial charge in [-0.15, -0.1) is 11.8 Å². The lowest BCUT2D eigenvalue weighted by atomic mass is 10.1. The topological polar surface area (TPSA) is 3.24 Å². The van der Waals surface area contributed by atoms with Crippen LogP contribution < -0.4 is 0 Å². The third-order valence-electron chi connectivity index (χ3n) is 3.59. The van der Waals surface area contributed by atoms with Crippen LogP contribution in [0.15, 0.2) is 53.4 Å². The van der Waals surface area contributed by atoms with Gasteiger partial charge in [-0.2, -0.15) is 0 Å². The highest BCUT2D eigenvalue weighted by atomic mass is 35.5. The van der Waals surface area contributed by atoms with Gasteiger partial charge in [0.2, 0.25) is 0 Å². The predicted molar refractivity (Wildman–Crippen MR) is 87.6 cm³/mol. The fourth-order valence-corrected chi connectivity index (χ4v) is 4.21. The number of halogens is 1. The van der Waals surface area contributed by atoms with Crippen LogP contribution in [0.5, 0.6) is 0 Å². The SMILES string of the molecule is CN(Cc1ccc(Cl)cc1)CC1Cc2ccccc2S1. The van der Waals surface area contributed by atoms with Crippen LogP contribution in [0.3, 0.4) is 0 Å². The van der Waals surface area contributed by atoms with Crippen LogP contribution in [-0.2, 0) is 13.0 Å². The molecule has 0 spiro atoms. The van der Waals surface area contributed by atoms with Crippen molar-refractivity contribution in [3.8, 4) is 0 Å². The summed E-state index contributed by atoms with van der Waals surface area (Å²) < 4.78 is 0. The average Bonchev–Trinajstić information content (AvgIpc) is 2.83. The number of fused-ring (bicyclic) bond motifs is 1. The molecular weight excluding hydrogens is 286 g/mol. The van der Waals surface area contributed by atoms with E-state index in [1.54, 1.807) is 0 Å². The van der Waals surface area contributed by atoms with Crippen LogP contribution in [0, 0.1) is 0 Å². The first kappa shape index (κ1) is 14.0. The van der Waals surface area contributed by atoms with Gasteiger partial charge in [-0.25, -0.2) is 0 Å². The molecule has 20 heavy (non-hydrogen) atoms. The highest BCUT2D eigenvalue weighted by Crippen LogP contribution is 2.37. The van der Waals surface area contributed by atoms with Crippen LogP contribution in [0.4, 0.5) is 0 Å². The summed E-state index contributed by atoms with van der Waals surface area (Å²) in [6, 6.07) is 16.9. The second kappa shape index (κ2) is 6.21. The molecule has 0 fully saturated rings. The monoisotopic (exact) mass is 303 g/mol. The Kier molecular flexibility index (Phi) is 4.35. The summed E-state index contributed by atoms with van der Waals surface area (Å²) in [7, 11) is 2.19. The van der Waals surface area contributed by atoms with E-state index < -0.39 is 0 Å². The molecule has 0 saturated carbocycles. The van der Waals surface area contributed by atoms with Crippen molar-refractivity contribution in [1.29, 1.82) is 0 Å². The third kappa shape index (κ3) is 3.38. The maximum absolute atomic E-state index is 5.92. The maximum Gasteiger partial charge on any atom is 0.0406 e. The van der Waals surface area contributed by atoms with E-state index in [1.807, 2.05) is 23.9 Å². The lowest BCUT2D eigenvalue weighted by Gasteiger charge is -2.20. The van der Waals surface area contributed by atoms with Gasteiger partial charge in [0.05, 0.1) is 0 Å². The molecular formula is C17H18ClNS. The molecule has 3 rings (SSSR count). The second-order valence-corrected chi connectivity index (χ2v) is 7.15. The first-order valence-corrected chi connectivity index (χ1v) is 8.14. The summed E-state index contributed by atoms with van der Waals surface area (Å²) in [5, 5.41) is 1.47. The Hall–Kier alpha value is -0.960. The summed E-state index contributed by atoms with van der Waals surface area (Å²) in [4.78, 5) is 3.85. The van der Waals surface area contributed by atoms with E-state index in [4.69, 9.17) is 11.6 Å². The van der Waals surface area contributed by atoms with Gasteiger partial charge in [-0.05, 0) is 42.8 Å². The molecule has 1 heterocycles. The van der Waals surface area contributed by atoms with Crippen LogP contribution in [0.2, 0.25) is 5.02 Å². The van der Waals surface area contributed by atoms with Crippen molar-refractivity contribution in [2.75, 3.05) is 13.6 Å². The molecule has 0 N–H and O–H groups in total. The maximum atomic E-state index is 5.92. The third-order valence-corrected chi connectivity index (χ3v) is 5.15. The molecule has 1 aliphatic heterocycles. The van der Waals surface area contributed by atoms with E-state index in [2.05, 4.69) is 48.3 Å². The lowest BCUT2D eigenvalue weighted by Crippen LogP contribution is -2.26. The van der Waals surface area contributed by atoms with Crippen molar-refractivity contribution in [2.45, 2.75) is 23.1 Å². The van der Waals surface area contributed by atoms with Gasteiger partial charge in [0.25, 0.3) is 0 Å². The zero-order valence-corrected chi connectivity index (χ0v) is 13.1. The first-order chi connectivity index (χ1) is 9.70. The molecule has 1 unspecified atom stereocenters. The zero-order chi connectivity index (χ0) is 13.9. The van der Waals surface area contributed by atoms with Gasteiger partial charge in [0.1, 0.15) is 0 Å². The lowest BCUT2D eigenvalue weighted by molar-refractivity contribution is 0.327. The van der Waals surface area contributed by atoms with E-state index in [0.717, 1.165) is 18.1 Å². The molecule has 2 aromatic rings. The molecule has 2 aromatic carbocycles. The minimum Gasteiger partial charge on any atom is -0.301 e. The molecule has 1 nitrogen and oxygen atoms in total. The Labute approximate surface area is 129 Å². The predicted octanol–water partition coefficient (Wildman–Crippen LogP) is 4.49. The zero-order valence-electron chi connectivity index (χ0n) is 11.6. The van der Waals surface area contributed by atoms with Gasteiger partial charge in [0.15, 0.2) is 0 Å². The van der Waals surface area contributed by atoms with Crippen molar-refractivity contribution in [3.05, 3.63) is 64.7 Å². The first-order valence-electron chi connectivity index (χ1n) is 6.88. The van der Waals surface area contributed by atoms with Gasteiger partial charge >= 0.3 is 0 Å². The normalized spacial score (nSPS) is 17.4. The number of nitrogens with zero attached hydrogens (tertiary/aromatic N) is 1. The summed E-state index contributed by atoms with van der Waals surface area (Å²) >= 11 is 7.94. The molecule has 0 saturated heterocycles. The Morgan fingerprint density at radius 1 is 1.15 bits per heavy atom. The summed E-state index contributed by atoms with van der Waals surface area (Å²) in [5.74, 6) is 0. The molecule has 104 valence electrons. The fourth-order valence-electron chi connectivity index (χ4n) is 2.67. The number of rotatable bonds is 4. The highest BCUT2D eigenvalue weighted by Gasteiger charge is 2.22. The molecule has 1 aliphatic rings. The van der Waals surface area contributed by atoms with E-state index >= 15 is 0 Å². The number of thioether (sulfide) groups is 1. The van der Waals surface area contributed by atoms with Crippen LogP contribution in [0.25, 0.3) is 0 Å². The minimum atomic E-state index is 0.671. The Bertz CT molecular complexity index is 557. The Morgan fingerprint density at radius 2 is 1.90 bits per heavy atom. The summed E-state index contributed by atoms with van der Waals surface area (Å²) in [6.45, 7) is 2.09.